The monoisotopic (exact) mass is 148 g/mol. The van der Waals surface area contributed by atoms with Gasteiger partial charge in [-0.3, -0.25) is 4.79 Å². The smallest absolute Gasteiger partial charge is 0.137 e. The lowest BCUT2D eigenvalue weighted by Gasteiger charge is -2.13. The highest BCUT2D eigenvalue weighted by Crippen LogP contribution is 2.35. The Labute approximate surface area is 66.8 Å². The van der Waals surface area contributed by atoms with Crippen LogP contribution in [0.1, 0.15) is 32.6 Å². The highest BCUT2D eigenvalue weighted by molar-refractivity contribution is 5.83. The highest BCUT2D eigenvalue weighted by Gasteiger charge is 2.21. The molecule has 0 saturated heterocycles. The molecule has 1 heteroatoms. The van der Waals surface area contributed by atoms with E-state index in [4.69, 9.17) is 0 Å². The second-order valence-corrected chi connectivity index (χ2v) is 3.39. The first-order valence-corrected chi connectivity index (χ1v) is 4.17. The van der Waals surface area contributed by atoms with E-state index in [9.17, 15) is 4.79 Å². The van der Waals surface area contributed by atoms with Gasteiger partial charge in [-0.15, -0.1) is 0 Å². The van der Waals surface area contributed by atoms with E-state index in [-0.39, 0.29) is 0 Å². The summed E-state index contributed by atoms with van der Waals surface area (Å²) in [7, 11) is 0. The lowest BCUT2D eigenvalue weighted by Crippen LogP contribution is -2.07. The number of rotatable bonds is 0. The predicted octanol–water partition coefficient (Wildman–Crippen LogP) is 2.39. The molecule has 2 rings (SSSR count). The Morgan fingerprint density at radius 2 is 2.18 bits per heavy atom. The van der Waals surface area contributed by atoms with E-state index in [2.05, 4.69) is 13.0 Å². The topological polar surface area (TPSA) is 17.1 Å². The lowest BCUT2D eigenvalue weighted by atomic mass is 9.90. The summed E-state index contributed by atoms with van der Waals surface area (Å²) in [4.78, 5) is 11.1. The predicted molar refractivity (Wildman–Crippen MR) is 44.3 cm³/mol. The second-order valence-electron chi connectivity index (χ2n) is 3.39. The highest BCUT2D eigenvalue weighted by atomic mass is 16.1. The van der Waals surface area contributed by atoms with Crippen LogP contribution >= 0.6 is 0 Å². The van der Waals surface area contributed by atoms with Crippen LogP contribution in [0.3, 0.4) is 0 Å². The van der Waals surface area contributed by atoms with Gasteiger partial charge >= 0.3 is 0 Å². The average molecular weight is 148 g/mol. The molecular formula is C10H12O. The third-order valence-corrected chi connectivity index (χ3v) is 2.62. The molecule has 0 aliphatic heterocycles. The molecule has 0 aromatic carbocycles. The maximum atomic E-state index is 11.1. The number of ketones is 1. The van der Waals surface area contributed by atoms with Gasteiger partial charge in [0.1, 0.15) is 5.78 Å². The van der Waals surface area contributed by atoms with E-state index in [1.807, 2.05) is 0 Å². The molecule has 0 amide bonds. The molecule has 0 aromatic heterocycles. The van der Waals surface area contributed by atoms with Crippen molar-refractivity contribution in [3.63, 3.8) is 0 Å². The summed E-state index contributed by atoms with van der Waals surface area (Å²) in [5.74, 6) is 0.423. The SMILES string of the molecule is CC1=CCC2=C1CCC(=O)C2. The molecule has 11 heavy (non-hydrogen) atoms. The number of hydrogen-bond acceptors (Lipinski definition) is 1. The molecule has 2 aliphatic carbocycles. The van der Waals surface area contributed by atoms with Crippen LogP contribution < -0.4 is 0 Å². The van der Waals surface area contributed by atoms with Crippen LogP contribution in [-0.4, -0.2) is 5.78 Å². The third kappa shape index (κ3) is 1.05. The van der Waals surface area contributed by atoms with Gasteiger partial charge in [0.05, 0.1) is 0 Å². The minimum absolute atomic E-state index is 0.423. The van der Waals surface area contributed by atoms with Crippen molar-refractivity contribution in [1.29, 1.82) is 0 Å². The van der Waals surface area contributed by atoms with E-state index < -0.39 is 0 Å². The first-order chi connectivity index (χ1) is 5.27. The summed E-state index contributed by atoms with van der Waals surface area (Å²) in [5.41, 5.74) is 4.27. The van der Waals surface area contributed by atoms with Gasteiger partial charge in [0, 0.05) is 12.8 Å². The number of carbonyl (C=O) groups excluding carboxylic acids is 1. The van der Waals surface area contributed by atoms with Gasteiger partial charge in [-0.1, -0.05) is 17.2 Å². The molecule has 0 bridgehead atoms. The number of Topliss-reactive ketones (excluding diaryl/α,β-unsaturated/α-hetero) is 1. The van der Waals surface area contributed by atoms with Gasteiger partial charge < -0.3 is 0 Å². The maximum Gasteiger partial charge on any atom is 0.137 e. The Balaban J connectivity index is 2.29. The Morgan fingerprint density at radius 3 is 3.00 bits per heavy atom. The first-order valence-electron chi connectivity index (χ1n) is 4.17. The van der Waals surface area contributed by atoms with Crippen LogP contribution in [0.15, 0.2) is 22.8 Å². The Kier molecular flexibility index (Phi) is 1.45. The van der Waals surface area contributed by atoms with Gasteiger partial charge in [-0.25, -0.2) is 0 Å². The van der Waals surface area contributed by atoms with Crippen LogP contribution in [-0.2, 0) is 4.79 Å². The van der Waals surface area contributed by atoms with Gasteiger partial charge in [0.2, 0.25) is 0 Å². The Morgan fingerprint density at radius 1 is 1.36 bits per heavy atom. The Hall–Kier alpha value is -0.850. The molecule has 1 nitrogen and oxygen atoms in total. The van der Waals surface area contributed by atoms with Gasteiger partial charge in [-0.05, 0) is 25.3 Å². The molecule has 0 fully saturated rings. The van der Waals surface area contributed by atoms with Crippen molar-refractivity contribution in [3.8, 4) is 0 Å². The molecule has 0 spiro atoms. The summed E-state index contributed by atoms with van der Waals surface area (Å²) in [5, 5.41) is 0. The van der Waals surface area contributed by atoms with E-state index in [1.54, 1.807) is 0 Å². The number of allylic oxidation sites excluding steroid dienone is 4. The molecule has 0 N–H and O–H groups in total. The van der Waals surface area contributed by atoms with E-state index in [1.165, 1.54) is 16.7 Å². The molecule has 0 aromatic rings. The fourth-order valence-corrected chi connectivity index (χ4v) is 1.95. The molecule has 0 radical (unpaired) electrons. The van der Waals surface area contributed by atoms with Gasteiger partial charge in [0.25, 0.3) is 0 Å². The zero-order valence-corrected chi connectivity index (χ0v) is 6.81. The zero-order valence-electron chi connectivity index (χ0n) is 6.81. The van der Waals surface area contributed by atoms with E-state index in [0.717, 1.165) is 25.7 Å². The fourth-order valence-electron chi connectivity index (χ4n) is 1.95. The summed E-state index contributed by atoms with van der Waals surface area (Å²) in [6.07, 6.45) is 5.76. The average Bonchev–Trinajstić information content (AvgIpc) is 2.32. The summed E-state index contributed by atoms with van der Waals surface area (Å²) in [6.45, 7) is 2.15. The molecule has 58 valence electrons. The molecular weight excluding hydrogens is 136 g/mol. The lowest BCUT2D eigenvalue weighted by molar-refractivity contribution is -0.118. The number of carbonyl (C=O) groups is 1. The van der Waals surface area contributed by atoms with Crippen molar-refractivity contribution in [3.05, 3.63) is 22.8 Å². The normalized spacial score (nSPS) is 23.7. The van der Waals surface area contributed by atoms with Crippen LogP contribution in [0.5, 0.6) is 0 Å². The molecule has 0 atom stereocenters. The Bertz CT molecular complexity index is 269. The fraction of sp³-hybridized carbons (Fsp3) is 0.500. The van der Waals surface area contributed by atoms with Crippen molar-refractivity contribution < 1.29 is 4.79 Å². The van der Waals surface area contributed by atoms with Crippen molar-refractivity contribution >= 4 is 5.78 Å². The largest absolute Gasteiger partial charge is 0.299 e. The van der Waals surface area contributed by atoms with E-state index >= 15 is 0 Å². The zero-order chi connectivity index (χ0) is 7.84. The molecule has 0 unspecified atom stereocenters. The molecule has 0 saturated carbocycles. The van der Waals surface area contributed by atoms with Crippen molar-refractivity contribution in [1.82, 2.24) is 0 Å². The van der Waals surface area contributed by atoms with Gasteiger partial charge in [-0.2, -0.15) is 0 Å². The van der Waals surface area contributed by atoms with Crippen molar-refractivity contribution in [2.24, 2.45) is 0 Å². The maximum absolute atomic E-state index is 11.1. The minimum atomic E-state index is 0.423. The minimum Gasteiger partial charge on any atom is -0.299 e. The van der Waals surface area contributed by atoms with E-state index in [0.29, 0.717) is 5.78 Å². The van der Waals surface area contributed by atoms with Crippen molar-refractivity contribution in [2.45, 2.75) is 32.6 Å². The standard InChI is InChI=1S/C10H12O/c1-7-2-3-8-6-9(11)4-5-10(7)8/h2H,3-6H2,1H3. The van der Waals surface area contributed by atoms with Crippen molar-refractivity contribution in [2.75, 3.05) is 0 Å². The number of hydrogen-bond donors (Lipinski definition) is 0. The van der Waals surface area contributed by atoms with Crippen LogP contribution in [0.4, 0.5) is 0 Å². The summed E-state index contributed by atoms with van der Waals surface area (Å²) >= 11 is 0. The van der Waals surface area contributed by atoms with Gasteiger partial charge in [0.15, 0.2) is 0 Å². The first kappa shape index (κ1) is 6.84. The second kappa shape index (κ2) is 2.33. The molecule has 2 aliphatic rings. The van der Waals surface area contributed by atoms with Crippen LogP contribution in [0, 0.1) is 0 Å². The molecule has 0 heterocycles. The third-order valence-electron chi connectivity index (χ3n) is 2.62. The van der Waals surface area contributed by atoms with Crippen LogP contribution in [0.25, 0.3) is 0 Å². The van der Waals surface area contributed by atoms with Crippen LogP contribution in [0.2, 0.25) is 0 Å². The quantitative estimate of drug-likeness (QED) is 0.515. The summed E-state index contributed by atoms with van der Waals surface area (Å²) in [6, 6.07) is 0. The summed E-state index contributed by atoms with van der Waals surface area (Å²) < 4.78 is 0.